The zero-order valence-corrected chi connectivity index (χ0v) is 13.4. The van der Waals surface area contributed by atoms with Crippen LogP contribution in [0.4, 0.5) is 4.79 Å². The smallest absolute Gasteiger partial charge is 0.410 e. The number of rotatable bonds is 2. The van der Waals surface area contributed by atoms with Gasteiger partial charge in [0.05, 0.1) is 0 Å². The SMILES string of the molecule is C[C@H]1CN(C(=O)OC(C)(C)C)CCN1Cc1ccncc1. The van der Waals surface area contributed by atoms with Crippen molar-refractivity contribution in [2.45, 2.75) is 45.9 Å². The highest BCUT2D eigenvalue weighted by molar-refractivity contribution is 5.68. The van der Waals surface area contributed by atoms with E-state index < -0.39 is 5.60 Å². The fraction of sp³-hybridized carbons (Fsp3) is 0.625. The molecule has 0 aromatic carbocycles. The first-order chi connectivity index (χ1) is 9.85. The molecule has 2 heterocycles. The molecule has 1 aromatic heterocycles. The van der Waals surface area contributed by atoms with Crippen LogP contribution in [0.15, 0.2) is 24.5 Å². The lowest BCUT2D eigenvalue weighted by molar-refractivity contribution is 0.00461. The molecule has 5 heteroatoms. The number of hydrogen-bond acceptors (Lipinski definition) is 4. The Hall–Kier alpha value is -1.62. The second kappa shape index (κ2) is 6.43. The van der Waals surface area contributed by atoms with Crippen LogP contribution in [0.1, 0.15) is 33.3 Å². The lowest BCUT2D eigenvalue weighted by Crippen LogP contribution is -2.54. The van der Waals surface area contributed by atoms with E-state index in [0.29, 0.717) is 19.1 Å². The van der Waals surface area contributed by atoms with E-state index in [2.05, 4.69) is 16.8 Å². The number of carbonyl (C=O) groups is 1. The maximum atomic E-state index is 12.1. The van der Waals surface area contributed by atoms with Gasteiger partial charge in [0.25, 0.3) is 0 Å². The van der Waals surface area contributed by atoms with E-state index in [9.17, 15) is 4.79 Å². The minimum absolute atomic E-state index is 0.210. The molecule has 1 atom stereocenters. The summed E-state index contributed by atoms with van der Waals surface area (Å²) in [6.45, 7) is 11.0. The fourth-order valence-electron chi connectivity index (χ4n) is 2.45. The average molecular weight is 291 g/mol. The van der Waals surface area contributed by atoms with Gasteiger partial charge in [0.15, 0.2) is 0 Å². The van der Waals surface area contributed by atoms with Crippen molar-refractivity contribution in [1.82, 2.24) is 14.8 Å². The Morgan fingerprint density at radius 1 is 1.33 bits per heavy atom. The highest BCUT2D eigenvalue weighted by atomic mass is 16.6. The van der Waals surface area contributed by atoms with E-state index in [-0.39, 0.29) is 6.09 Å². The van der Waals surface area contributed by atoms with Gasteiger partial charge in [0.2, 0.25) is 0 Å². The second-order valence-corrected chi connectivity index (χ2v) is 6.60. The Bertz CT molecular complexity index is 470. The molecule has 1 aliphatic rings. The van der Waals surface area contributed by atoms with Crippen LogP contribution in [-0.2, 0) is 11.3 Å². The number of aromatic nitrogens is 1. The Balaban J connectivity index is 1.89. The van der Waals surface area contributed by atoms with Crippen molar-refractivity contribution < 1.29 is 9.53 Å². The van der Waals surface area contributed by atoms with Crippen molar-refractivity contribution in [3.8, 4) is 0 Å². The van der Waals surface area contributed by atoms with E-state index in [1.54, 1.807) is 4.90 Å². The van der Waals surface area contributed by atoms with Crippen LogP contribution in [0.2, 0.25) is 0 Å². The number of pyridine rings is 1. The first-order valence-electron chi connectivity index (χ1n) is 7.46. The summed E-state index contributed by atoms with van der Waals surface area (Å²) in [6.07, 6.45) is 3.42. The summed E-state index contributed by atoms with van der Waals surface area (Å²) < 4.78 is 5.44. The lowest BCUT2D eigenvalue weighted by Gasteiger charge is -2.40. The van der Waals surface area contributed by atoms with Gasteiger partial charge in [-0.05, 0) is 45.4 Å². The number of ether oxygens (including phenoxy) is 1. The Morgan fingerprint density at radius 2 is 2.00 bits per heavy atom. The van der Waals surface area contributed by atoms with Crippen LogP contribution >= 0.6 is 0 Å². The zero-order valence-electron chi connectivity index (χ0n) is 13.4. The largest absolute Gasteiger partial charge is 0.444 e. The molecule has 1 fully saturated rings. The molecule has 1 saturated heterocycles. The van der Waals surface area contributed by atoms with Gasteiger partial charge in [-0.3, -0.25) is 9.88 Å². The average Bonchev–Trinajstić information content (AvgIpc) is 2.40. The lowest BCUT2D eigenvalue weighted by atomic mass is 10.1. The Kier molecular flexibility index (Phi) is 4.83. The molecule has 5 nitrogen and oxygen atoms in total. The molecule has 0 radical (unpaired) electrons. The summed E-state index contributed by atoms with van der Waals surface area (Å²) in [5.74, 6) is 0. The summed E-state index contributed by atoms with van der Waals surface area (Å²) in [5.41, 5.74) is 0.816. The molecule has 2 rings (SSSR count). The molecule has 21 heavy (non-hydrogen) atoms. The number of hydrogen-bond donors (Lipinski definition) is 0. The highest BCUT2D eigenvalue weighted by Crippen LogP contribution is 2.16. The molecule has 0 saturated carbocycles. The van der Waals surface area contributed by atoms with E-state index in [4.69, 9.17) is 4.74 Å². The molecular formula is C16H25N3O2. The van der Waals surface area contributed by atoms with E-state index in [1.807, 2.05) is 45.3 Å². The Morgan fingerprint density at radius 3 is 2.57 bits per heavy atom. The normalized spacial score (nSPS) is 20.4. The number of carbonyl (C=O) groups excluding carboxylic acids is 1. The van der Waals surface area contributed by atoms with Crippen molar-refractivity contribution >= 4 is 6.09 Å². The van der Waals surface area contributed by atoms with E-state index in [1.165, 1.54) is 5.56 Å². The van der Waals surface area contributed by atoms with Crippen LogP contribution in [0, 0.1) is 0 Å². The number of piperazine rings is 1. The maximum Gasteiger partial charge on any atom is 0.410 e. The summed E-state index contributed by atoms with van der Waals surface area (Å²) in [6, 6.07) is 4.39. The van der Waals surface area contributed by atoms with Crippen molar-refractivity contribution in [1.29, 1.82) is 0 Å². The van der Waals surface area contributed by atoms with Crippen molar-refractivity contribution in [2.24, 2.45) is 0 Å². The molecule has 0 bridgehead atoms. The van der Waals surface area contributed by atoms with Crippen LogP contribution in [0.25, 0.3) is 0 Å². The molecular weight excluding hydrogens is 266 g/mol. The van der Waals surface area contributed by atoms with Gasteiger partial charge in [0.1, 0.15) is 5.60 Å². The van der Waals surface area contributed by atoms with Crippen molar-refractivity contribution in [3.05, 3.63) is 30.1 Å². The summed E-state index contributed by atoms with van der Waals surface area (Å²) in [7, 11) is 0. The molecule has 0 spiro atoms. The molecule has 116 valence electrons. The molecule has 0 aliphatic carbocycles. The van der Waals surface area contributed by atoms with Crippen LogP contribution in [-0.4, -0.2) is 52.2 Å². The third-order valence-electron chi connectivity index (χ3n) is 3.55. The van der Waals surface area contributed by atoms with Gasteiger partial charge in [-0.15, -0.1) is 0 Å². The fourth-order valence-corrected chi connectivity index (χ4v) is 2.45. The third kappa shape index (κ3) is 4.70. The van der Waals surface area contributed by atoms with Gasteiger partial charge in [-0.2, -0.15) is 0 Å². The second-order valence-electron chi connectivity index (χ2n) is 6.60. The molecule has 1 aromatic rings. The summed E-state index contributed by atoms with van der Waals surface area (Å²) in [4.78, 5) is 20.3. The van der Waals surface area contributed by atoms with Crippen LogP contribution in [0.5, 0.6) is 0 Å². The third-order valence-corrected chi connectivity index (χ3v) is 3.55. The predicted octanol–water partition coefficient (Wildman–Crippen LogP) is 2.52. The number of nitrogens with zero attached hydrogens (tertiary/aromatic N) is 3. The maximum absolute atomic E-state index is 12.1. The topological polar surface area (TPSA) is 45.7 Å². The van der Waals surface area contributed by atoms with Gasteiger partial charge in [0, 0.05) is 44.6 Å². The molecule has 1 amide bonds. The van der Waals surface area contributed by atoms with Crippen molar-refractivity contribution in [2.75, 3.05) is 19.6 Å². The van der Waals surface area contributed by atoms with E-state index >= 15 is 0 Å². The van der Waals surface area contributed by atoms with Crippen molar-refractivity contribution in [3.63, 3.8) is 0 Å². The quantitative estimate of drug-likeness (QED) is 0.840. The summed E-state index contributed by atoms with van der Waals surface area (Å²) >= 11 is 0. The van der Waals surface area contributed by atoms with E-state index in [0.717, 1.165) is 13.1 Å². The Labute approximate surface area is 126 Å². The van der Waals surface area contributed by atoms with Crippen LogP contribution < -0.4 is 0 Å². The highest BCUT2D eigenvalue weighted by Gasteiger charge is 2.29. The minimum Gasteiger partial charge on any atom is -0.444 e. The summed E-state index contributed by atoms with van der Waals surface area (Å²) in [5, 5.41) is 0. The predicted molar refractivity (Wildman–Crippen MR) is 81.9 cm³/mol. The first-order valence-corrected chi connectivity index (χ1v) is 7.46. The standard InChI is InChI=1S/C16H25N3O2/c1-13-11-19(15(20)21-16(2,3)4)10-9-18(13)12-14-5-7-17-8-6-14/h5-8,13H,9-12H2,1-4H3/t13-/m0/s1. The zero-order chi connectivity index (χ0) is 15.5. The monoisotopic (exact) mass is 291 g/mol. The van der Waals surface area contributed by atoms with Gasteiger partial charge in [-0.25, -0.2) is 4.79 Å². The van der Waals surface area contributed by atoms with Gasteiger partial charge < -0.3 is 9.64 Å². The minimum atomic E-state index is -0.436. The van der Waals surface area contributed by atoms with Crippen LogP contribution in [0.3, 0.4) is 0 Å². The molecule has 1 aliphatic heterocycles. The molecule has 0 N–H and O–H groups in total. The molecule has 0 unspecified atom stereocenters. The van der Waals surface area contributed by atoms with Gasteiger partial charge >= 0.3 is 6.09 Å². The first kappa shape index (κ1) is 15.8. The van der Waals surface area contributed by atoms with Gasteiger partial charge in [-0.1, -0.05) is 0 Å². The number of amides is 1.